The maximum Gasteiger partial charge on any atom is 0.275 e. The third kappa shape index (κ3) is 3.53. The van der Waals surface area contributed by atoms with Gasteiger partial charge in [0.15, 0.2) is 0 Å². The van der Waals surface area contributed by atoms with Crippen LogP contribution >= 0.6 is 0 Å². The van der Waals surface area contributed by atoms with E-state index >= 15 is 0 Å². The normalized spacial score (nSPS) is 11.2. The molecule has 2 heterocycles. The first-order valence-corrected chi connectivity index (χ1v) is 9.23. The van der Waals surface area contributed by atoms with Gasteiger partial charge in [0.1, 0.15) is 11.3 Å². The number of carbonyl (C=O) groups is 1. The Kier molecular flexibility index (Phi) is 4.93. The molecule has 0 fully saturated rings. The maximum absolute atomic E-state index is 12.9. The van der Waals surface area contributed by atoms with Crippen molar-refractivity contribution in [1.82, 2.24) is 14.3 Å². The van der Waals surface area contributed by atoms with Crippen molar-refractivity contribution in [3.8, 4) is 0 Å². The lowest BCUT2D eigenvalue weighted by Gasteiger charge is -2.12. The topological polar surface area (TPSA) is 55.5 Å². The van der Waals surface area contributed by atoms with Gasteiger partial charge in [-0.3, -0.25) is 9.59 Å². The van der Waals surface area contributed by atoms with E-state index in [2.05, 4.69) is 5.32 Å². The first kappa shape index (κ1) is 18.0. The first-order chi connectivity index (χ1) is 13.6. The molecular weight excluding hydrogens is 357 g/mol. The quantitative estimate of drug-likeness (QED) is 0.559. The van der Waals surface area contributed by atoms with Crippen molar-refractivity contribution >= 4 is 22.5 Å². The predicted octanol–water partition coefficient (Wildman–Crippen LogP) is 3.49. The molecule has 0 spiro atoms. The number of halogens is 1. The number of carbonyl (C=O) groups excluding carboxylic acids is 1. The second-order valence-corrected chi connectivity index (χ2v) is 6.72. The van der Waals surface area contributed by atoms with Crippen molar-refractivity contribution in [2.45, 2.75) is 25.9 Å². The molecule has 0 saturated heterocycles. The highest BCUT2D eigenvalue weighted by atomic mass is 19.1. The van der Waals surface area contributed by atoms with Gasteiger partial charge < -0.3 is 14.3 Å². The van der Waals surface area contributed by atoms with E-state index in [1.807, 2.05) is 40.9 Å². The highest BCUT2D eigenvalue weighted by molar-refractivity contribution is 5.79. The summed E-state index contributed by atoms with van der Waals surface area (Å²) in [6, 6.07) is 17.5. The Labute approximate surface area is 161 Å². The van der Waals surface area contributed by atoms with Crippen LogP contribution in [0.5, 0.6) is 0 Å². The molecule has 0 aliphatic rings. The smallest absolute Gasteiger partial charge is 0.275 e. The fraction of sp³-hybridized carbons (Fsp3) is 0.182. The molecule has 2 aromatic carbocycles. The zero-order chi connectivity index (χ0) is 19.5. The Balaban J connectivity index is 1.44. The van der Waals surface area contributed by atoms with Crippen LogP contribution in [-0.4, -0.2) is 14.9 Å². The molecule has 5 nitrogen and oxygen atoms in total. The number of nitrogens with zero attached hydrogens (tertiary/aromatic N) is 2. The van der Waals surface area contributed by atoms with Gasteiger partial charge in [0, 0.05) is 25.7 Å². The summed E-state index contributed by atoms with van der Waals surface area (Å²) in [6.45, 7) is 0.823. The van der Waals surface area contributed by atoms with Gasteiger partial charge in [-0.25, -0.2) is 4.39 Å². The number of benzene rings is 2. The van der Waals surface area contributed by atoms with Crippen LogP contribution in [0, 0.1) is 5.82 Å². The summed E-state index contributed by atoms with van der Waals surface area (Å²) in [6.07, 6.45) is 2.75. The number of rotatable bonds is 6. The number of hydrogen-bond acceptors (Lipinski definition) is 2. The molecule has 6 heteroatoms. The second-order valence-electron chi connectivity index (χ2n) is 6.72. The van der Waals surface area contributed by atoms with Gasteiger partial charge in [-0.15, -0.1) is 0 Å². The molecule has 28 heavy (non-hydrogen) atoms. The number of fused-ring (bicyclic) bond motifs is 3. The molecule has 0 unspecified atom stereocenters. The summed E-state index contributed by atoms with van der Waals surface area (Å²) in [5, 5.41) is 2.83. The fourth-order valence-corrected chi connectivity index (χ4v) is 3.42. The van der Waals surface area contributed by atoms with Gasteiger partial charge >= 0.3 is 0 Å². The van der Waals surface area contributed by atoms with E-state index in [1.54, 1.807) is 22.8 Å². The van der Waals surface area contributed by atoms with E-state index in [0.29, 0.717) is 31.4 Å². The molecule has 1 amide bonds. The van der Waals surface area contributed by atoms with Crippen LogP contribution in [0.1, 0.15) is 18.4 Å². The second kappa shape index (κ2) is 7.68. The minimum absolute atomic E-state index is 0.0598. The molecule has 0 radical (unpaired) electrons. The highest BCUT2D eigenvalue weighted by Crippen LogP contribution is 2.15. The molecule has 0 saturated carbocycles. The Morgan fingerprint density at radius 2 is 1.64 bits per heavy atom. The maximum atomic E-state index is 12.9. The summed E-state index contributed by atoms with van der Waals surface area (Å²) in [5.74, 6) is -0.391. The number of aryl methyl sites for hydroxylation is 1. The van der Waals surface area contributed by atoms with E-state index < -0.39 is 0 Å². The molecule has 4 aromatic rings. The predicted molar refractivity (Wildman–Crippen MR) is 107 cm³/mol. The Hall–Kier alpha value is -3.41. The van der Waals surface area contributed by atoms with E-state index in [0.717, 1.165) is 16.6 Å². The summed E-state index contributed by atoms with van der Waals surface area (Å²) < 4.78 is 16.5. The molecular formula is C22H20FN3O2. The van der Waals surface area contributed by atoms with E-state index in [9.17, 15) is 14.0 Å². The van der Waals surface area contributed by atoms with Crippen LogP contribution in [0.2, 0.25) is 0 Å². The lowest BCUT2D eigenvalue weighted by molar-refractivity contribution is -0.121. The molecule has 0 aliphatic carbocycles. The van der Waals surface area contributed by atoms with Crippen molar-refractivity contribution < 1.29 is 9.18 Å². The van der Waals surface area contributed by atoms with Gasteiger partial charge in [0.05, 0.1) is 11.0 Å². The molecule has 1 N–H and O–H groups in total. The van der Waals surface area contributed by atoms with Gasteiger partial charge in [0.2, 0.25) is 5.91 Å². The molecule has 142 valence electrons. The highest BCUT2D eigenvalue weighted by Gasteiger charge is 2.10. The van der Waals surface area contributed by atoms with Gasteiger partial charge in [-0.1, -0.05) is 24.3 Å². The zero-order valence-electron chi connectivity index (χ0n) is 15.3. The third-order valence-corrected chi connectivity index (χ3v) is 4.83. The molecule has 0 aliphatic heterocycles. The lowest BCUT2D eigenvalue weighted by Crippen LogP contribution is -2.25. The summed E-state index contributed by atoms with van der Waals surface area (Å²) in [7, 11) is 0. The number of nitrogens with one attached hydrogen (secondary N) is 1. The summed E-state index contributed by atoms with van der Waals surface area (Å²) in [5.41, 5.74) is 3.22. The van der Waals surface area contributed by atoms with Crippen LogP contribution in [0.4, 0.5) is 4.39 Å². The van der Waals surface area contributed by atoms with Crippen LogP contribution in [-0.2, 0) is 17.9 Å². The van der Waals surface area contributed by atoms with Crippen LogP contribution in [0.3, 0.4) is 0 Å². The minimum Gasteiger partial charge on any atom is -0.352 e. The fourth-order valence-electron chi connectivity index (χ4n) is 3.42. The largest absolute Gasteiger partial charge is 0.352 e. The number of hydrogen-bond donors (Lipinski definition) is 1. The summed E-state index contributed by atoms with van der Waals surface area (Å²) >= 11 is 0. The zero-order valence-corrected chi connectivity index (χ0v) is 15.3. The third-order valence-electron chi connectivity index (χ3n) is 4.83. The standard InChI is InChI=1S/C22H20FN3O2/c23-17-11-9-16(10-12-17)15-24-21(27)8-4-14-26-19-6-2-1-5-18(19)25-13-3-7-20(25)22(26)28/h1-3,5-7,9-13H,4,8,14-15H2,(H,24,27). The molecule has 0 bridgehead atoms. The van der Waals surface area contributed by atoms with Gasteiger partial charge in [0.25, 0.3) is 5.56 Å². The average Bonchev–Trinajstić information content (AvgIpc) is 3.20. The number of aromatic nitrogens is 2. The van der Waals surface area contributed by atoms with Crippen molar-refractivity contribution in [2.75, 3.05) is 0 Å². The average molecular weight is 377 g/mol. The Morgan fingerprint density at radius 3 is 2.43 bits per heavy atom. The van der Waals surface area contributed by atoms with Gasteiger partial charge in [-0.05, 0) is 48.4 Å². The van der Waals surface area contributed by atoms with Gasteiger partial charge in [-0.2, -0.15) is 0 Å². The first-order valence-electron chi connectivity index (χ1n) is 9.23. The van der Waals surface area contributed by atoms with Crippen molar-refractivity contribution in [1.29, 1.82) is 0 Å². The number of para-hydroxylation sites is 2. The monoisotopic (exact) mass is 377 g/mol. The van der Waals surface area contributed by atoms with Crippen molar-refractivity contribution in [2.24, 2.45) is 0 Å². The van der Waals surface area contributed by atoms with E-state index in [-0.39, 0.29) is 17.3 Å². The summed E-state index contributed by atoms with van der Waals surface area (Å²) in [4.78, 5) is 24.9. The van der Waals surface area contributed by atoms with Crippen LogP contribution in [0.25, 0.3) is 16.6 Å². The van der Waals surface area contributed by atoms with E-state index in [1.165, 1.54) is 12.1 Å². The minimum atomic E-state index is -0.298. The Bertz CT molecular complexity index is 1190. The lowest BCUT2D eigenvalue weighted by atomic mass is 10.2. The van der Waals surface area contributed by atoms with Crippen molar-refractivity contribution in [3.63, 3.8) is 0 Å². The molecule has 0 atom stereocenters. The van der Waals surface area contributed by atoms with E-state index in [4.69, 9.17) is 0 Å². The SMILES string of the molecule is O=C(CCCn1c(=O)c2cccn2c2ccccc21)NCc1ccc(F)cc1. The number of amides is 1. The molecule has 2 aromatic heterocycles. The van der Waals surface area contributed by atoms with Crippen molar-refractivity contribution in [3.05, 3.63) is 88.6 Å². The molecule has 4 rings (SSSR count). The van der Waals surface area contributed by atoms with Crippen LogP contribution in [0.15, 0.2) is 71.7 Å². The van der Waals surface area contributed by atoms with Crippen LogP contribution < -0.4 is 10.9 Å². The Morgan fingerprint density at radius 1 is 0.929 bits per heavy atom.